The normalized spacial score (nSPS) is 33.7. The fourth-order valence-corrected chi connectivity index (χ4v) is 3.82. The summed E-state index contributed by atoms with van der Waals surface area (Å²) in [6.07, 6.45) is 11.0. The molecule has 0 N–H and O–H groups in total. The molecule has 0 aromatic rings. The molecule has 3 heteroatoms. The van der Waals surface area contributed by atoms with Crippen LogP contribution in [0.5, 0.6) is 0 Å². The standard InChI is InChI=1S/C18H34N2O/c1-5-19-18-20(14(2)3)16-11-9-7-6-8-10-15(4)12-13-17(16)21-18/h14-17H,5-13H2,1-4H3. The van der Waals surface area contributed by atoms with E-state index in [2.05, 4.69) is 37.6 Å². The van der Waals surface area contributed by atoms with Crippen molar-refractivity contribution in [3.63, 3.8) is 0 Å². The topological polar surface area (TPSA) is 24.8 Å². The molecule has 1 aliphatic carbocycles. The summed E-state index contributed by atoms with van der Waals surface area (Å²) >= 11 is 0. The first-order chi connectivity index (χ1) is 10.1. The number of aliphatic imine (C=N–C) groups is 1. The lowest BCUT2D eigenvalue weighted by atomic mass is 9.94. The molecule has 3 unspecified atom stereocenters. The first-order valence-corrected chi connectivity index (χ1v) is 9.13. The molecule has 3 atom stereocenters. The van der Waals surface area contributed by atoms with Crippen LogP contribution in [0.4, 0.5) is 0 Å². The molecule has 0 radical (unpaired) electrons. The number of ether oxygens (including phenoxy) is 1. The summed E-state index contributed by atoms with van der Waals surface area (Å²) in [5.74, 6) is 0.840. The highest BCUT2D eigenvalue weighted by Crippen LogP contribution is 2.31. The Labute approximate surface area is 131 Å². The maximum Gasteiger partial charge on any atom is 0.288 e. The molecule has 2 fully saturated rings. The lowest BCUT2D eigenvalue weighted by Crippen LogP contribution is -2.41. The van der Waals surface area contributed by atoms with Crippen LogP contribution in [0.2, 0.25) is 0 Å². The van der Waals surface area contributed by atoms with Crippen molar-refractivity contribution in [1.82, 2.24) is 4.90 Å². The Bertz CT molecular complexity index is 340. The minimum absolute atomic E-state index is 0.359. The second kappa shape index (κ2) is 8.05. The van der Waals surface area contributed by atoms with Gasteiger partial charge in [-0.1, -0.05) is 39.0 Å². The van der Waals surface area contributed by atoms with Crippen LogP contribution in [0.1, 0.15) is 79.1 Å². The van der Waals surface area contributed by atoms with Gasteiger partial charge in [0.2, 0.25) is 0 Å². The molecule has 1 heterocycles. The van der Waals surface area contributed by atoms with E-state index in [9.17, 15) is 0 Å². The Hall–Kier alpha value is -0.730. The van der Waals surface area contributed by atoms with Gasteiger partial charge in [0.15, 0.2) is 0 Å². The average molecular weight is 294 g/mol. The second-order valence-electron chi connectivity index (χ2n) is 7.16. The summed E-state index contributed by atoms with van der Waals surface area (Å²) in [7, 11) is 0. The van der Waals surface area contributed by atoms with Gasteiger partial charge in [-0.2, -0.15) is 0 Å². The molecule has 0 spiro atoms. The summed E-state index contributed by atoms with van der Waals surface area (Å²) < 4.78 is 6.28. The van der Waals surface area contributed by atoms with E-state index in [1.54, 1.807) is 0 Å². The van der Waals surface area contributed by atoms with Crippen LogP contribution in [-0.4, -0.2) is 35.7 Å². The molecule has 122 valence electrons. The molecule has 3 nitrogen and oxygen atoms in total. The second-order valence-corrected chi connectivity index (χ2v) is 7.16. The average Bonchev–Trinajstić information content (AvgIpc) is 2.76. The summed E-state index contributed by atoms with van der Waals surface area (Å²) in [4.78, 5) is 7.07. The van der Waals surface area contributed by atoms with Crippen LogP contribution >= 0.6 is 0 Å². The monoisotopic (exact) mass is 294 g/mol. The minimum Gasteiger partial charge on any atom is -0.460 e. The third-order valence-electron chi connectivity index (χ3n) is 5.00. The first-order valence-electron chi connectivity index (χ1n) is 9.13. The third kappa shape index (κ3) is 4.37. The maximum atomic E-state index is 6.28. The molecule has 0 bridgehead atoms. The van der Waals surface area contributed by atoms with E-state index in [4.69, 9.17) is 4.74 Å². The van der Waals surface area contributed by atoms with Gasteiger partial charge in [0, 0.05) is 12.6 Å². The molecule has 1 aliphatic heterocycles. The summed E-state index contributed by atoms with van der Waals surface area (Å²) in [5, 5.41) is 0. The lowest BCUT2D eigenvalue weighted by molar-refractivity contribution is 0.154. The largest absolute Gasteiger partial charge is 0.460 e. The van der Waals surface area contributed by atoms with Gasteiger partial charge in [-0.05, 0) is 46.0 Å². The molecule has 2 rings (SSSR count). The SMILES string of the molecule is CCN=C1OC2CCC(C)CCCCCCC2N1C(C)C. The quantitative estimate of drug-likeness (QED) is 0.743. The van der Waals surface area contributed by atoms with Crippen molar-refractivity contribution in [2.45, 2.75) is 97.2 Å². The summed E-state index contributed by atoms with van der Waals surface area (Å²) in [6.45, 7) is 9.85. The first kappa shape index (κ1) is 16.6. The zero-order valence-corrected chi connectivity index (χ0v) is 14.5. The number of rotatable bonds is 2. The van der Waals surface area contributed by atoms with Crippen LogP contribution in [0.15, 0.2) is 4.99 Å². The molecule has 0 aromatic heterocycles. The summed E-state index contributed by atoms with van der Waals surface area (Å²) in [5.41, 5.74) is 0. The van der Waals surface area contributed by atoms with Gasteiger partial charge in [-0.25, -0.2) is 4.99 Å². The van der Waals surface area contributed by atoms with Crippen molar-refractivity contribution < 1.29 is 4.74 Å². The van der Waals surface area contributed by atoms with Crippen LogP contribution in [0.3, 0.4) is 0 Å². The highest BCUT2D eigenvalue weighted by atomic mass is 16.5. The predicted octanol–water partition coefficient (Wildman–Crippen LogP) is 4.61. The van der Waals surface area contributed by atoms with Gasteiger partial charge in [0.25, 0.3) is 6.02 Å². The van der Waals surface area contributed by atoms with E-state index in [1.807, 2.05) is 0 Å². The maximum absolute atomic E-state index is 6.28. The van der Waals surface area contributed by atoms with Gasteiger partial charge in [-0.15, -0.1) is 0 Å². The molecule has 21 heavy (non-hydrogen) atoms. The van der Waals surface area contributed by atoms with Gasteiger partial charge in [0.05, 0.1) is 6.04 Å². The van der Waals surface area contributed by atoms with E-state index in [0.29, 0.717) is 18.2 Å². The van der Waals surface area contributed by atoms with E-state index in [0.717, 1.165) is 18.5 Å². The van der Waals surface area contributed by atoms with Gasteiger partial charge in [0.1, 0.15) is 6.10 Å². The van der Waals surface area contributed by atoms with Crippen LogP contribution < -0.4 is 0 Å². The van der Waals surface area contributed by atoms with Crippen molar-refractivity contribution >= 4 is 6.02 Å². The Morgan fingerprint density at radius 1 is 1.10 bits per heavy atom. The van der Waals surface area contributed by atoms with E-state index < -0.39 is 0 Å². The van der Waals surface area contributed by atoms with Gasteiger partial charge in [-0.3, -0.25) is 0 Å². The lowest BCUT2D eigenvalue weighted by Gasteiger charge is -2.29. The van der Waals surface area contributed by atoms with Gasteiger partial charge < -0.3 is 9.64 Å². The predicted molar refractivity (Wildman–Crippen MR) is 89.7 cm³/mol. The van der Waals surface area contributed by atoms with Crippen molar-refractivity contribution in [1.29, 1.82) is 0 Å². The van der Waals surface area contributed by atoms with Crippen molar-refractivity contribution in [3.05, 3.63) is 0 Å². The van der Waals surface area contributed by atoms with Crippen LogP contribution in [0, 0.1) is 5.92 Å². The number of nitrogens with zero attached hydrogens (tertiary/aromatic N) is 2. The number of amidine groups is 1. The number of hydrogen-bond donors (Lipinski definition) is 0. The van der Waals surface area contributed by atoms with Crippen molar-refractivity contribution in [3.8, 4) is 0 Å². The Morgan fingerprint density at radius 2 is 1.81 bits per heavy atom. The highest BCUT2D eigenvalue weighted by Gasteiger charge is 2.40. The van der Waals surface area contributed by atoms with E-state index in [1.165, 1.54) is 51.4 Å². The highest BCUT2D eigenvalue weighted by molar-refractivity contribution is 5.76. The zero-order valence-electron chi connectivity index (χ0n) is 14.5. The minimum atomic E-state index is 0.359. The molecular weight excluding hydrogens is 260 g/mol. The smallest absolute Gasteiger partial charge is 0.288 e. The molecule has 1 saturated carbocycles. The molecule has 1 saturated heterocycles. The van der Waals surface area contributed by atoms with Crippen LogP contribution in [-0.2, 0) is 4.74 Å². The van der Waals surface area contributed by atoms with Crippen molar-refractivity contribution in [2.24, 2.45) is 10.9 Å². The van der Waals surface area contributed by atoms with Crippen molar-refractivity contribution in [2.75, 3.05) is 6.54 Å². The fraction of sp³-hybridized carbons (Fsp3) is 0.944. The molecule has 0 amide bonds. The van der Waals surface area contributed by atoms with Gasteiger partial charge >= 0.3 is 0 Å². The fourth-order valence-electron chi connectivity index (χ4n) is 3.82. The Kier molecular flexibility index (Phi) is 6.38. The molecule has 0 aromatic carbocycles. The third-order valence-corrected chi connectivity index (χ3v) is 5.00. The Morgan fingerprint density at radius 3 is 2.48 bits per heavy atom. The Balaban J connectivity index is 2.13. The number of hydrogen-bond acceptors (Lipinski definition) is 2. The molecular formula is C18H34N2O. The van der Waals surface area contributed by atoms with E-state index >= 15 is 0 Å². The zero-order chi connectivity index (χ0) is 15.2. The van der Waals surface area contributed by atoms with Crippen LogP contribution in [0.25, 0.3) is 0 Å². The van der Waals surface area contributed by atoms with E-state index in [-0.39, 0.29) is 0 Å². The molecule has 2 aliphatic rings. The number of fused-ring (bicyclic) bond motifs is 1. The summed E-state index contributed by atoms with van der Waals surface area (Å²) in [6, 6.07) is 1.93.